The Labute approximate surface area is 209 Å². The average molecular weight is 473 g/mol. The molecule has 0 amide bonds. The Morgan fingerprint density at radius 1 is 0.686 bits per heavy atom. The molecule has 0 radical (unpaired) electrons. The third-order valence-electron chi connectivity index (χ3n) is 5.97. The van der Waals surface area contributed by atoms with E-state index in [4.69, 9.17) is 5.10 Å². The Balaban J connectivity index is 1.57. The monoisotopic (exact) mass is 472 g/mol. The van der Waals surface area contributed by atoms with Crippen LogP contribution in [0.25, 0.3) is 6.08 Å². The molecule has 0 saturated heterocycles. The van der Waals surface area contributed by atoms with Gasteiger partial charge in [-0.05, 0) is 28.2 Å². The molecule has 0 fully saturated rings. The van der Waals surface area contributed by atoms with Crippen LogP contribution in [0, 0.1) is 0 Å². The highest BCUT2D eigenvalue weighted by Crippen LogP contribution is 2.40. The number of hydrogen-bond donors (Lipinski definition) is 0. The standard InChI is InChI=1S/C31H24N2OS/c34-30(26-13-5-1-6-14-26)35-22-21-25-23-32-33(24-25)31(27-15-7-2-8-16-27,28-17-9-3-10-18-28)29-19-11-4-12-20-29/h1-24H/b22-21+. The van der Waals surface area contributed by atoms with Crippen LogP contribution in [-0.4, -0.2) is 14.9 Å². The second-order valence-electron chi connectivity index (χ2n) is 8.10. The van der Waals surface area contributed by atoms with Gasteiger partial charge in [0, 0.05) is 17.3 Å². The summed E-state index contributed by atoms with van der Waals surface area (Å²) in [6, 6.07) is 40.6. The third-order valence-corrected chi connectivity index (χ3v) is 6.69. The van der Waals surface area contributed by atoms with Crippen molar-refractivity contribution in [3.8, 4) is 0 Å². The van der Waals surface area contributed by atoms with Gasteiger partial charge in [-0.15, -0.1) is 0 Å². The fourth-order valence-corrected chi connectivity index (χ4v) is 4.98. The molecule has 1 aromatic heterocycles. The molecule has 0 bridgehead atoms. The molecular weight excluding hydrogens is 448 g/mol. The maximum atomic E-state index is 12.4. The first-order valence-corrected chi connectivity index (χ1v) is 12.3. The van der Waals surface area contributed by atoms with Crippen LogP contribution in [0.2, 0.25) is 0 Å². The molecule has 5 aromatic rings. The molecule has 0 aliphatic rings. The van der Waals surface area contributed by atoms with E-state index < -0.39 is 5.54 Å². The maximum absolute atomic E-state index is 12.4. The highest BCUT2D eigenvalue weighted by molar-refractivity contribution is 8.16. The Morgan fingerprint density at radius 2 is 1.14 bits per heavy atom. The van der Waals surface area contributed by atoms with Gasteiger partial charge in [0.15, 0.2) is 0 Å². The molecule has 5 rings (SSSR count). The molecule has 4 heteroatoms. The molecule has 0 spiro atoms. The largest absolute Gasteiger partial charge is 0.281 e. The molecule has 0 unspecified atom stereocenters. The smallest absolute Gasteiger partial charge is 0.223 e. The van der Waals surface area contributed by atoms with Crippen LogP contribution < -0.4 is 0 Å². The number of carbonyl (C=O) groups excluding carboxylic acids is 1. The van der Waals surface area contributed by atoms with Crippen LogP contribution >= 0.6 is 11.8 Å². The minimum atomic E-state index is -0.650. The summed E-state index contributed by atoms with van der Waals surface area (Å²) >= 11 is 1.17. The molecule has 0 atom stereocenters. The molecule has 0 aliphatic heterocycles. The lowest BCUT2D eigenvalue weighted by molar-refractivity contribution is 0.109. The van der Waals surface area contributed by atoms with Gasteiger partial charge >= 0.3 is 0 Å². The summed E-state index contributed by atoms with van der Waals surface area (Å²) < 4.78 is 2.02. The lowest BCUT2D eigenvalue weighted by Crippen LogP contribution is -2.38. The highest BCUT2D eigenvalue weighted by Gasteiger charge is 2.39. The first kappa shape index (κ1) is 22.6. The van der Waals surface area contributed by atoms with Crippen molar-refractivity contribution in [1.29, 1.82) is 0 Å². The highest BCUT2D eigenvalue weighted by atomic mass is 32.2. The number of carbonyl (C=O) groups is 1. The summed E-state index contributed by atoms with van der Waals surface area (Å²) in [5, 5.41) is 6.69. The zero-order valence-electron chi connectivity index (χ0n) is 19.1. The predicted octanol–water partition coefficient (Wildman–Crippen LogP) is 7.27. The third kappa shape index (κ3) is 4.61. The first-order chi connectivity index (χ1) is 17.3. The molecule has 0 N–H and O–H groups in total. The van der Waals surface area contributed by atoms with E-state index in [-0.39, 0.29) is 5.12 Å². The summed E-state index contributed by atoms with van der Waals surface area (Å²) in [6.07, 6.45) is 5.81. The van der Waals surface area contributed by atoms with Crippen LogP contribution in [0.5, 0.6) is 0 Å². The molecule has 1 heterocycles. The van der Waals surface area contributed by atoms with Crippen LogP contribution in [0.3, 0.4) is 0 Å². The van der Waals surface area contributed by atoms with Crippen LogP contribution in [-0.2, 0) is 5.54 Å². The molecule has 0 saturated carbocycles. The van der Waals surface area contributed by atoms with Gasteiger partial charge in [-0.25, -0.2) is 0 Å². The topological polar surface area (TPSA) is 34.9 Å². The van der Waals surface area contributed by atoms with Gasteiger partial charge in [-0.2, -0.15) is 5.10 Å². The fraction of sp³-hybridized carbons (Fsp3) is 0.0323. The second-order valence-corrected chi connectivity index (χ2v) is 8.98. The zero-order chi connectivity index (χ0) is 23.9. The minimum absolute atomic E-state index is 0.0152. The van der Waals surface area contributed by atoms with E-state index in [0.717, 1.165) is 22.3 Å². The molecule has 0 aliphatic carbocycles. The number of rotatable bonds is 7. The van der Waals surface area contributed by atoms with Gasteiger partial charge < -0.3 is 0 Å². The zero-order valence-corrected chi connectivity index (χ0v) is 19.9. The van der Waals surface area contributed by atoms with E-state index >= 15 is 0 Å². The molecule has 170 valence electrons. The summed E-state index contributed by atoms with van der Waals surface area (Å²) in [4.78, 5) is 12.4. The summed E-state index contributed by atoms with van der Waals surface area (Å²) in [6.45, 7) is 0. The lowest BCUT2D eigenvalue weighted by atomic mass is 9.77. The van der Waals surface area contributed by atoms with Crippen molar-refractivity contribution < 1.29 is 4.79 Å². The SMILES string of the molecule is O=C(S/C=C/c1cnn(C(c2ccccc2)(c2ccccc2)c2ccccc2)c1)c1ccccc1. The van der Waals surface area contributed by atoms with Gasteiger partial charge in [0.25, 0.3) is 0 Å². The van der Waals surface area contributed by atoms with E-state index in [1.807, 2.05) is 77.1 Å². The van der Waals surface area contributed by atoms with Gasteiger partial charge in [0.05, 0.1) is 6.20 Å². The number of benzene rings is 4. The Kier molecular flexibility index (Phi) is 6.73. The van der Waals surface area contributed by atoms with E-state index in [1.54, 1.807) is 0 Å². The molecule has 3 nitrogen and oxygen atoms in total. The summed E-state index contributed by atoms with van der Waals surface area (Å²) in [7, 11) is 0. The van der Waals surface area contributed by atoms with E-state index in [0.29, 0.717) is 5.56 Å². The van der Waals surface area contributed by atoms with Gasteiger partial charge in [0.2, 0.25) is 5.12 Å². The Bertz CT molecular complexity index is 1320. The van der Waals surface area contributed by atoms with E-state index in [1.165, 1.54) is 11.8 Å². The normalized spacial score (nSPS) is 11.5. The van der Waals surface area contributed by atoms with Gasteiger partial charge in [-0.1, -0.05) is 133 Å². The van der Waals surface area contributed by atoms with Crippen molar-refractivity contribution in [3.63, 3.8) is 0 Å². The minimum Gasteiger partial charge on any atom is -0.281 e. The number of nitrogens with zero attached hydrogens (tertiary/aromatic N) is 2. The number of thioether (sulfide) groups is 1. The summed E-state index contributed by atoms with van der Waals surface area (Å²) in [5.74, 6) is 0. The van der Waals surface area contributed by atoms with Crippen molar-refractivity contribution >= 4 is 23.0 Å². The van der Waals surface area contributed by atoms with Crippen molar-refractivity contribution in [2.24, 2.45) is 0 Å². The Morgan fingerprint density at radius 3 is 1.63 bits per heavy atom. The first-order valence-electron chi connectivity index (χ1n) is 11.4. The Hall–Kier alpha value is -4.15. The van der Waals surface area contributed by atoms with Gasteiger partial charge in [-0.3, -0.25) is 9.48 Å². The van der Waals surface area contributed by atoms with Crippen LogP contribution in [0.1, 0.15) is 32.6 Å². The van der Waals surface area contributed by atoms with Crippen molar-refractivity contribution in [2.45, 2.75) is 5.54 Å². The van der Waals surface area contributed by atoms with E-state index in [2.05, 4.69) is 72.8 Å². The van der Waals surface area contributed by atoms with Crippen LogP contribution in [0.15, 0.2) is 139 Å². The quantitative estimate of drug-likeness (QED) is 0.234. The second kappa shape index (κ2) is 10.4. The molecule has 4 aromatic carbocycles. The number of hydrogen-bond acceptors (Lipinski definition) is 3. The van der Waals surface area contributed by atoms with Gasteiger partial charge in [0.1, 0.15) is 5.54 Å². The number of aromatic nitrogens is 2. The van der Waals surface area contributed by atoms with E-state index in [9.17, 15) is 4.79 Å². The fourth-order valence-electron chi connectivity index (χ4n) is 4.36. The van der Waals surface area contributed by atoms with Crippen molar-refractivity contribution in [1.82, 2.24) is 9.78 Å². The van der Waals surface area contributed by atoms with Crippen molar-refractivity contribution in [2.75, 3.05) is 0 Å². The summed E-state index contributed by atoms with van der Waals surface area (Å²) in [5.41, 5.74) is 4.31. The predicted molar refractivity (Wildman–Crippen MR) is 144 cm³/mol. The van der Waals surface area contributed by atoms with Crippen LogP contribution in [0.4, 0.5) is 0 Å². The van der Waals surface area contributed by atoms with Crippen molar-refractivity contribution in [3.05, 3.63) is 167 Å². The molecular formula is C31H24N2OS. The molecule has 35 heavy (non-hydrogen) atoms. The average Bonchev–Trinajstić information content (AvgIpc) is 3.40. The maximum Gasteiger partial charge on any atom is 0.223 e. The lowest BCUT2D eigenvalue weighted by Gasteiger charge is -2.36.